The molecule has 0 radical (unpaired) electrons. The van der Waals surface area contributed by atoms with Gasteiger partial charge in [-0.1, -0.05) is 28.1 Å². The second kappa shape index (κ2) is 7.38. The maximum Gasteiger partial charge on any atom is 0.230 e. The summed E-state index contributed by atoms with van der Waals surface area (Å²) in [6.07, 6.45) is 1.44. The molecule has 0 unspecified atom stereocenters. The molecule has 0 bridgehead atoms. The van der Waals surface area contributed by atoms with Crippen LogP contribution in [-0.4, -0.2) is 37.1 Å². The summed E-state index contributed by atoms with van der Waals surface area (Å²) in [5.41, 5.74) is 6.62. The lowest BCUT2D eigenvalue weighted by atomic mass is 9.78. The molecule has 1 aromatic rings. The predicted octanol–water partition coefficient (Wildman–Crippen LogP) is 2.55. The molecule has 0 atom stereocenters. The number of rotatable bonds is 5. The van der Waals surface area contributed by atoms with Gasteiger partial charge in [-0.15, -0.1) is 0 Å². The molecule has 1 heterocycles. The maximum absolute atomic E-state index is 13.0. The lowest BCUT2D eigenvalue weighted by molar-refractivity contribution is -0.147. The van der Waals surface area contributed by atoms with Crippen LogP contribution in [0.25, 0.3) is 0 Å². The van der Waals surface area contributed by atoms with Crippen LogP contribution in [0, 0.1) is 5.41 Å². The average molecular weight is 355 g/mol. The standard InChI is InChI=1S/C16H23BrN2O2/c1-2-19(11-13-4-3-5-14(17)10-13)15(20)16(12-18)6-8-21-9-7-16/h3-5,10H,2,6-9,11-12,18H2,1H3. The van der Waals surface area contributed by atoms with Crippen molar-refractivity contribution in [2.45, 2.75) is 26.3 Å². The molecule has 1 amide bonds. The number of nitrogens with zero attached hydrogens (tertiary/aromatic N) is 1. The van der Waals surface area contributed by atoms with Crippen molar-refractivity contribution in [2.24, 2.45) is 11.1 Å². The van der Waals surface area contributed by atoms with Crippen molar-refractivity contribution in [2.75, 3.05) is 26.3 Å². The first-order valence-electron chi connectivity index (χ1n) is 7.43. The summed E-state index contributed by atoms with van der Waals surface area (Å²) in [6.45, 7) is 4.96. The summed E-state index contributed by atoms with van der Waals surface area (Å²) < 4.78 is 6.42. The molecular weight excluding hydrogens is 332 g/mol. The third-order valence-corrected chi connectivity index (χ3v) is 4.72. The van der Waals surface area contributed by atoms with E-state index in [4.69, 9.17) is 10.5 Å². The van der Waals surface area contributed by atoms with Gasteiger partial charge in [0.15, 0.2) is 0 Å². The van der Waals surface area contributed by atoms with Crippen molar-refractivity contribution >= 4 is 21.8 Å². The molecule has 2 rings (SSSR count). The summed E-state index contributed by atoms with van der Waals surface area (Å²) >= 11 is 3.47. The van der Waals surface area contributed by atoms with Gasteiger partial charge in [-0.05, 0) is 37.5 Å². The van der Waals surface area contributed by atoms with Crippen LogP contribution in [0.5, 0.6) is 0 Å². The van der Waals surface area contributed by atoms with Crippen molar-refractivity contribution < 1.29 is 9.53 Å². The molecule has 1 fully saturated rings. The second-order valence-corrected chi connectivity index (χ2v) is 6.46. The average Bonchev–Trinajstić information content (AvgIpc) is 2.52. The van der Waals surface area contributed by atoms with Crippen molar-refractivity contribution in [1.29, 1.82) is 0 Å². The van der Waals surface area contributed by atoms with Gasteiger partial charge in [0, 0.05) is 37.3 Å². The van der Waals surface area contributed by atoms with Crippen molar-refractivity contribution in [3.05, 3.63) is 34.3 Å². The van der Waals surface area contributed by atoms with E-state index in [1.165, 1.54) is 0 Å². The highest BCUT2D eigenvalue weighted by Crippen LogP contribution is 2.32. The Morgan fingerprint density at radius 3 is 2.71 bits per heavy atom. The van der Waals surface area contributed by atoms with E-state index in [0.29, 0.717) is 32.8 Å². The molecule has 5 heteroatoms. The highest BCUT2D eigenvalue weighted by atomic mass is 79.9. The largest absolute Gasteiger partial charge is 0.381 e. The molecule has 1 saturated heterocycles. The van der Waals surface area contributed by atoms with Gasteiger partial charge in [-0.25, -0.2) is 0 Å². The van der Waals surface area contributed by atoms with E-state index in [0.717, 1.165) is 22.9 Å². The summed E-state index contributed by atoms with van der Waals surface area (Å²) in [6, 6.07) is 8.07. The lowest BCUT2D eigenvalue weighted by Crippen LogP contribution is -2.50. The highest BCUT2D eigenvalue weighted by molar-refractivity contribution is 9.10. The Balaban J connectivity index is 2.14. The molecular formula is C16H23BrN2O2. The van der Waals surface area contributed by atoms with E-state index >= 15 is 0 Å². The number of halogens is 1. The summed E-state index contributed by atoms with van der Waals surface area (Å²) in [7, 11) is 0. The lowest BCUT2D eigenvalue weighted by Gasteiger charge is -2.38. The van der Waals surface area contributed by atoms with Gasteiger partial charge in [0.2, 0.25) is 5.91 Å². The van der Waals surface area contributed by atoms with Crippen LogP contribution in [0.2, 0.25) is 0 Å². The van der Waals surface area contributed by atoms with Gasteiger partial charge in [0.05, 0.1) is 5.41 Å². The molecule has 1 aliphatic heterocycles. The van der Waals surface area contributed by atoms with Gasteiger partial charge in [0.25, 0.3) is 0 Å². The predicted molar refractivity (Wildman–Crippen MR) is 86.8 cm³/mol. The smallest absolute Gasteiger partial charge is 0.230 e. The van der Waals surface area contributed by atoms with Crippen LogP contribution in [0.4, 0.5) is 0 Å². The molecule has 1 aromatic carbocycles. The zero-order valence-electron chi connectivity index (χ0n) is 12.5. The minimum Gasteiger partial charge on any atom is -0.381 e. The molecule has 0 aliphatic carbocycles. The molecule has 116 valence electrons. The number of carbonyl (C=O) groups is 1. The Bertz CT molecular complexity index is 487. The second-order valence-electron chi connectivity index (χ2n) is 5.55. The van der Waals surface area contributed by atoms with Crippen LogP contribution in [-0.2, 0) is 16.1 Å². The fraction of sp³-hybridized carbons (Fsp3) is 0.562. The van der Waals surface area contributed by atoms with Crippen LogP contribution in [0.1, 0.15) is 25.3 Å². The minimum atomic E-state index is -0.444. The Hall–Kier alpha value is -0.910. The number of ether oxygens (including phenoxy) is 1. The van der Waals surface area contributed by atoms with E-state index in [2.05, 4.69) is 22.0 Å². The fourth-order valence-electron chi connectivity index (χ4n) is 2.79. The Kier molecular flexibility index (Phi) is 5.79. The van der Waals surface area contributed by atoms with Gasteiger partial charge in [0.1, 0.15) is 0 Å². The molecule has 21 heavy (non-hydrogen) atoms. The van der Waals surface area contributed by atoms with Gasteiger partial charge in [-0.3, -0.25) is 4.79 Å². The fourth-order valence-corrected chi connectivity index (χ4v) is 3.23. The van der Waals surface area contributed by atoms with Crippen LogP contribution in [0.3, 0.4) is 0 Å². The number of hydrogen-bond donors (Lipinski definition) is 1. The third kappa shape index (κ3) is 3.84. The van der Waals surface area contributed by atoms with Crippen LogP contribution in [0.15, 0.2) is 28.7 Å². The number of benzene rings is 1. The number of nitrogens with two attached hydrogens (primary N) is 1. The van der Waals surface area contributed by atoms with E-state index in [1.54, 1.807) is 0 Å². The van der Waals surface area contributed by atoms with Crippen LogP contribution >= 0.6 is 15.9 Å². The van der Waals surface area contributed by atoms with Crippen molar-refractivity contribution in [3.63, 3.8) is 0 Å². The molecule has 0 saturated carbocycles. The first-order valence-corrected chi connectivity index (χ1v) is 8.22. The first kappa shape index (κ1) is 16.5. The van der Waals surface area contributed by atoms with E-state index < -0.39 is 5.41 Å². The molecule has 4 nitrogen and oxygen atoms in total. The Morgan fingerprint density at radius 2 is 2.14 bits per heavy atom. The Morgan fingerprint density at radius 1 is 1.43 bits per heavy atom. The van der Waals surface area contributed by atoms with Crippen LogP contribution < -0.4 is 5.73 Å². The number of carbonyl (C=O) groups excluding carboxylic acids is 1. The minimum absolute atomic E-state index is 0.163. The van der Waals surface area contributed by atoms with Gasteiger partial charge < -0.3 is 15.4 Å². The first-order chi connectivity index (χ1) is 10.1. The molecule has 0 spiro atoms. The number of amides is 1. The molecule has 2 N–H and O–H groups in total. The summed E-state index contributed by atoms with van der Waals surface area (Å²) in [5.74, 6) is 0.163. The normalized spacial score (nSPS) is 17.5. The van der Waals surface area contributed by atoms with E-state index in [-0.39, 0.29) is 5.91 Å². The number of hydrogen-bond acceptors (Lipinski definition) is 3. The monoisotopic (exact) mass is 354 g/mol. The van der Waals surface area contributed by atoms with Gasteiger partial charge >= 0.3 is 0 Å². The molecule has 0 aromatic heterocycles. The third-order valence-electron chi connectivity index (χ3n) is 4.23. The zero-order valence-corrected chi connectivity index (χ0v) is 14.1. The quantitative estimate of drug-likeness (QED) is 0.883. The zero-order chi connectivity index (χ0) is 15.3. The highest BCUT2D eigenvalue weighted by Gasteiger charge is 2.41. The van der Waals surface area contributed by atoms with E-state index in [9.17, 15) is 4.79 Å². The summed E-state index contributed by atoms with van der Waals surface area (Å²) in [4.78, 5) is 14.9. The SMILES string of the molecule is CCN(Cc1cccc(Br)c1)C(=O)C1(CN)CCOCC1. The Labute approximate surface area is 134 Å². The molecule has 1 aliphatic rings. The maximum atomic E-state index is 13.0. The van der Waals surface area contributed by atoms with Crippen molar-refractivity contribution in [3.8, 4) is 0 Å². The topological polar surface area (TPSA) is 55.6 Å². The summed E-state index contributed by atoms with van der Waals surface area (Å²) in [5, 5.41) is 0. The van der Waals surface area contributed by atoms with Gasteiger partial charge in [-0.2, -0.15) is 0 Å². The van der Waals surface area contributed by atoms with E-state index in [1.807, 2.05) is 30.0 Å². The van der Waals surface area contributed by atoms with Crippen molar-refractivity contribution in [1.82, 2.24) is 4.90 Å².